The highest BCUT2D eigenvalue weighted by molar-refractivity contribution is 6.99. The number of carbonyl (C=O) groups is 1. The number of aliphatic carboxylic acids is 1. The summed E-state index contributed by atoms with van der Waals surface area (Å²) in [6.45, 7) is 0.163. The quantitative estimate of drug-likeness (QED) is 0.823. The third-order valence-corrected chi connectivity index (χ3v) is 3.65. The maximum atomic E-state index is 13.0. The molecule has 1 aliphatic rings. The highest BCUT2D eigenvalue weighted by atomic mass is 32.1. The Kier molecular flexibility index (Phi) is 4.09. The van der Waals surface area contributed by atoms with E-state index in [1.54, 1.807) is 6.07 Å². The summed E-state index contributed by atoms with van der Waals surface area (Å²) in [5.74, 6) is -1.17. The van der Waals surface area contributed by atoms with E-state index in [2.05, 4.69) is 23.5 Å². The molecule has 1 aliphatic heterocycles. The first-order valence-corrected chi connectivity index (χ1v) is 7.27. The van der Waals surface area contributed by atoms with Crippen molar-refractivity contribution in [2.45, 2.75) is 25.3 Å². The number of carboxylic acids is 1. The fourth-order valence-electron chi connectivity index (χ4n) is 2.07. The second-order valence-corrected chi connectivity index (χ2v) is 5.38. The Bertz CT molecular complexity index is 711. The molecule has 0 saturated heterocycles. The number of hydrogen-bond donors (Lipinski definition) is 2. The lowest BCUT2D eigenvalue weighted by molar-refractivity contribution is -0.286. The van der Waals surface area contributed by atoms with Gasteiger partial charge in [0.15, 0.2) is 11.5 Å². The van der Waals surface area contributed by atoms with Crippen molar-refractivity contribution in [1.82, 2.24) is 14.1 Å². The van der Waals surface area contributed by atoms with Crippen molar-refractivity contribution < 1.29 is 28.2 Å². The Labute approximate surface area is 133 Å². The van der Waals surface area contributed by atoms with E-state index >= 15 is 0 Å². The first-order valence-electron chi connectivity index (χ1n) is 6.54. The third kappa shape index (κ3) is 3.71. The molecule has 0 aliphatic carbocycles. The number of aromatic nitrogens is 2. The molecule has 1 aromatic carbocycles. The minimum Gasteiger partial charge on any atom is -0.480 e. The van der Waals surface area contributed by atoms with Gasteiger partial charge in [0.1, 0.15) is 6.04 Å². The van der Waals surface area contributed by atoms with Crippen molar-refractivity contribution in [3.63, 3.8) is 0 Å². The number of fused-ring (bicyclic) bond motifs is 1. The summed E-state index contributed by atoms with van der Waals surface area (Å²) < 4.78 is 42.3. The van der Waals surface area contributed by atoms with Gasteiger partial charge >= 0.3 is 12.3 Å². The second-order valence-electron chi connectivity index (χ2n) is 4.82. The molecule has 2 N–H and O–H groups in total. The van der Waals surface area contributed by atoms with E-state index in [0.717, 1.165) is 11.7 Å². The van der Waals surface area contributed by atoms with Crippen molar-refractivity contribution in [2.75, 3.05) is 0 Å². The topological polar surface area (TPSA) is 93.6 Å². The minimum absolute atomic E-state index is 0.0536. The molecule has 1 unspecified atom stereocenters. The highest BCUT2D eigenvalue weighted by Gasteiger charge is 2.43. The van der Waals surface area contributed by atoms with Crippen LogP contribution in [-0.2, 0) is 17.8 Å². The van der Waals surface area contributed by atoms with Crippen LogP contribution in [0.5, 0.6) is 11.5 Å². The van der Waals surface area contributed by atoms with E-state index < -0.39 is 18.3 Å². The first-order chi connectivity index (χ1) is 10.9. The Hall–Kier alpha value is -2.33. The molecule has 2 aromatic rings. The summed E-state index contributed by atoms with van der Waals surface area (Å²) >= 11 is 0.999. The molecule has 0 bridgehead atoms. The lowest BCUT2D eigenvalue weighted by Gasteiger charge is -2.13. The summed E-state index contributed by atoms with van der Waals surface area (Å²) in [7, 11) is 0. The number of ether oxygens (including phenoxy) is 2. The highest BCUT2D eigenvalue weighted by Crippen LogP contribution is 2.41. The third-order valence-electron chi connectivity index (χ3n) is 3.14. The number of alkyl halides is 2. The van der Waals surface area contributed by atoms with E-state index in [1.807, 2.05) is 0 Å². The summed E-state index contributed by atoms with van der Waals surface area (Å²) in [5.41, 5.74) is 1.16. The first kappa shape index (κ1) is 15.6. The van der Waals surface area contributed by atoms with Crippen molar-refractivity contribution in [3.05, 3.63) is 35.7 Å². The maximum absolute atomic E-state index is 13.0. The summed E-state index contributed by atoms with van der Waals surface area (Å²) in [6.07, 6.45) is -1.99. The second kappa shape index (κ2) is 6.05. The fourth-order valence-corrected chi connectivity index (χ4v) is 2.52. The average Bonchev–Trinajstić information content (AvgIpc) is 3.07. The van der Waals surface area contributed by atoms with E-state index in [0.29, 0.717) is 11.3 Å². The number of nitrogens with one attached hydrogen (secondary N) is 1. The number of hydrogen-bond acceptors (Lipinski definition) is 7. The van der Waals surface area contributed by atoms with Crippen LogP contribution in [0.25, 0.3) is 0 Å². The number of nitrogens with zero attached hydrogens (tertiary/aromatic N) is 2. The SMILES string of the molecule is O=C(O)C(Cc1cnsn1)NCc1ccc2c(c1)OC(F)(F)O2. The molecule has 23 heavy (non-hydrogen) atoms. The van der Waals surface area contributed by atoms with Gasteiger partial charge < -0.3 is 14.6 Å². The number of benzene rings is 1. The van der Waals surface area contributed by atoms with Gasteiger partial charge in [-0.15, -0.1) is 8.78 Å². The van der Waals surface area contributed by atoms with Crippen LogP contribution in [0.3, 0.4) is 0 Å². The minimum atomic E-state index is -3.67. The predicted molar refractivity (Wildman–Crippen MR) is 74.5 cm³/mol. The molecule has 0 spiro atoms. The Morgan fingerprint density at radius 2 is 2.17 bits per heavy atom. The molecule has 1 aromatic heterocycles. The molecule has 0 saturated carbocycles. The number of halogens is 2. The van der Waals surface area contributed by atoms with E-state index in [9.17, 15) is 18.7 Å². The van der Waals surface area contributed by atoms with E-state index in [-0.39, 0.29) is 24.5 Å². The van der Waals surface area contributed by atoms with Crippen molar-refractivity contribution in [2.24, 2.45) is 0 Å². The van der Waals surface area contributed by atoms with Crippen LogP contribution in [0.1, 0.15) is 11.3 Å². The molecule has 7 nitrogen and oxygen atoms in total. The predicted octanol–water partition coefficient (Wildman–Crippen LogP) is 1.65. The van der Waals surface area contributed by atoms with Gasteiger partial charge in [-0.25, -0.2) is 0 Å². The Morgan fingerprint density at radius 1 is 1.39 bits per heavy atom. The van der Waals surface area contributed by atoms with Crippen LogP contribution in [0, 0.1) is 0 Å². The van der Waals surface area contributed by atoms with Crippen LogP contribution >= 0.6 is 11.7 Å². The molecule has 0 fully saturated rings. The molecular formula is C13H11F2N3O4S. The maximum Gasteiger partial charge on any atom is 0.586 e. The molecule has 10 heteroatoms. The van der Waals surface area contributed by atoms with Crippen LogP contribution in [0.4, 0.5) is 8.78 Å². The monoisotopic (exact) mass is 343 g/mol. The normalized spacial score (nSPS) is 16.3. The lowest BCUT2D eigenvalue weighted by Crippen LogP contribution is -2.38. The summed E-state index contributed by atoms with van der Waals surface area (Å²) in [5, 5.41) is 12.1. The van der Waals surface area contributed by atoms with E-state index in [4.69, 9.17) is 0 Å². The molecular weight excluding hydrogens is 332 g/mol. The van der Waals surface area contributed by atoms with Crippen molar-refractivity contribution in [3.8, 4) is 11.5 Å². The van der Waals surface area contributed by atoms with Gasteiger partial charge in [-0.3, -0.25) is 10.1 Å². The smallest absolute Gasteiger partial charge is 0.480 e. The van der Waals surface area contributed by atoms with Gasteiger partial charge in [-0.1, -0.05) is 6.07 Å². The van der Waals surface area contributed by atoms with Gasteiger partial charge in [-0.05, 0) is 17.7 Å². The number of carboxylic acid groups (broad SMARTS) is 1. The molecule has 0 radical (unpaired) electrons. The fraction of sp³-hybridized carbons (Fsp3) is 0.308. The zero-order chi connectivity index (χ0) is 16.4. The van der Waals surface area contributed by atoms with Gasteiger partial charge in [0, 0.05) is 13.0 Å². The standard InChI is InChI=1S/C13H11F2N3O4S/c14-13(15)21-10-2-1-7(3-11(10)22-13)5-16-9(12(19)20)4-8-6-17-23-18-8/h1-3,6,9,16H,4-5H2,(H,19,20). The van der Waals surface area contributed by atoms with Crippen molar-refractivity contribution >= 4 is 17.7 Å². The van der Waals surface area contributed by atoms with Gasteiger partial charge in [0.2, 0.25) is 0 Å². The Morgan fingerprint density at radius 3 is 2.87 bits per heavy atom. The van der Waals surface area contributed by atoms with Crippen LogP contribution < -0.4 is 14.8 Å². The van der Waals surface area contributed by atoms with Gasteiger partial charge in [0.05, 0.1) is 23.6 Å². The van der Waals surface area contributed by atoms with Crippen LogP contribution in [0.15, 0.2) is 24.4 Å². The van der Waals surface area contributed by atoms with Crippen molar-refractivity contribution in [1.29, 1.82) is 0 Å². The van der Waals surface area contributed by atoms with Crippen LogP contribution in [-0.4, -0.2) is 32.2 Å². The van der Waals surface area contributed by atoms with Crippen LogP contribution in [0.2, 0.25) is 0 Å². The lowest BCUT2D eigenvalue weighted by atomic mass is 10.1. The number of rotatable bonds is 6. The molecule has 2 heterocycles. The molecule has 3 rings (SSSR count). The zero-order valence-electron chi connectivity index (χ0n) is 11.5. The Balaban J connectivity index is 1.64. The molecule has 0 amide bonds. The van der Waals surface area contributed by atoms with Gasteiger partial charge in [-0.2, -0.15) is 8.75 Å². The molecule has 122 valence electrons. The summed E-state index contributed by atoms with van der Waals surface area (Å²) in [4.78, 5) is 11.3. The van der Waals surface area contributed by atoms with Gasteiger partial charge in [0.25, 0.3) is 0 Å². The zero-order valence-corrected chi connectivity index (χ0v) is 12.3. The molecule has 1 atom stereocenters. The average molecular weight is 343 g/mol. The largest absolute Gasteiger partial charge is 0.586 e. The van der Waals surface area contributed by atoms with E-state index in [1.165, 1.54) is 18.3 Å². The summed E-state index contributed by atoms with van der Waals surface area (Å²) in [6, 6.07) is 3.42.